The zero-order chi connectivity index (χ0) is 55.8. The monoisotopic (exact) mass is 1070 g/mol. The summed E-state index contributed by atoms with van der Waals surface area (Å²) in [5, 5.41) is 0.421. The average Bonchev–Trinajstić information content (AvgIpc) is 3.98. The van der Waals surface area contributed by atoms with Crippen LogP contribution in [0.15, 0.2) is 158 Å². The Kier molecular flexibility index (Phi) is 15.8. The fraction of sp³-hybridized carbons (Fsp3) is 0.300. The molecule has 0 spiro atoms. The topological polar surface area (TPSA) is 133 Å². The van der Waals surface area contributed by atoms with Crippen molar-refractivity contribution in [3.8, 4) is 68.3 Å². The Labute approximate surface area is 462 Å². The van der Waals surface area contributed by atoms with Gasteiger partial charge in [-0.15, -0.1) is 0 Å². The first-order valence-corrected chi connectivity index (χ1v) is 26.3. The molecule has 398 valence electrons. The molecule has 11 rings (SSSR count). The molecule has 8 aromatic rings. The van der Waals surface area contributed by atoms with Crippen LogP contribution in [0.3, 0.4) is 0 Å². The van der Waals surface area contributed by atoms with Crippen molar-refractivity contribution in [2.24, 2.45) is 0 Å². The van der Waals surface area contributed by atoms with Gasteiger partial charge in [-0.1, -0.05) is 139 Å². The van der Waals surface area contributed by atoms with E-state index in [0.717, 1.165) is 22.3 Å². The second kappa shape index (κ2) is 21.9. The minimum absolute atomic E-state index is 0.245. The third-order valence-corrected chi connectivity index (χ3v) is 15.3. The van der Waals surface area contributed by atoms with E-state index in [9.17, 15) is 4.39 Å². The molecule has 12 nitrogen and oxygen atoms in total. The molecule has 0 bridgehead atoms. The SMILES string of the molecule is CC1(C)OB(B2OC(C)(C)C(C)(C)O2)OC1(C)C.CC1(C)OB(c2ccc(F)c(-c3nc(-c4ccccc4)nc(-c4ccccc4)n3)c2)OC1(C)C.Fc1ccc(Cl)cc1-c1nc(-c2ccccc2)nc(-c2ccccc2)n1. The van der Waals surface area contributed by atoms with Gasteiger partial charge >= 0.3 is 21.1 Å². The van der Waals surface area contributed by atoms with E-state index < -0.39 is 44.0 Å². The summed E-state index contributed by atoms with van der Waals surface area (Å²) in [5.74, 6) is 1.56. The Balaban J connectivity index is 0.000000149. The summed E-state index contributed by atoms with van der Waals surface area (Å²) >= 11 is 6.04. The largest absolute Gasteiger partial charge is 0.494 e. The Morgan fingerprint density at radius 3 is 0.923 bits per heavy atom. The van der Waals surface area contributed by atoms with E-state index in [0.29, 0.717) is 33.8 Å². The molecule has 3 saturated heterocycles. The predicted molar refractivity (Wildman–Crippen MR) is 305 cm³/mol. The summed E-state index contributed by atoms with van der Waals surface area (Å²) in [6, 6.07) is 47.4. The van der Waals surface area contributed by atoms with Crippen LogP contribution in [-0.4, -0.2) is 84.6 Å². The Hall–Kier alpha value is -6.56. The first kappa shape index (κ1) is 56.2. The van der Waals surface area contributed by atoms with Crippen molar-refractivity contribution >= 4 is 38.2 Å². The minimum atomic E-state index is -0.617. The van der Waals surface area contributed by atoms with E-state index in [4.69, 9.17) is 39.5 Å². The molecule has 0 saturated carbocycles. The Bertz CT molecular complexity index is 3210. The molecule has 0 unspecified atom stereocenters. The van der Waals surface area contributed by atoms with Gasteiger partial charge in [-0.25, -0.2) is 38.7 Å². The first-order valence-electron chi connectivity index (χ1n) is 25.9. The maximum absolute atomic E-state index is 15.1. The number of hydrogen-bond donors (Lipinski definition) is 0. The molecule has 0 aliphatic carbocycles. The van der Waals surface area contributed by atoms with E-state index in [1.165, 1.54) is 24.3 Å². The number of halogens is 3. The van der Waals surface area contributed by atoms with Gasteiger partial charge in [-0.2, -0.15) is 0 Å². The van der Waals surface area contributed by atoms with Crippen LogP contribution in [0.1, 0.15) is 83.1 Å². The molecule has 2 aromatic heterocycles. The molecule has 0 radical (unpaired) electrons. The van der Waals surface area contributed by atoms with Crippen LogP contribution in [0.2, 0.25) is 5.02 Å². The minimum Gasteiger partial charge on any atom is -0.405 e. The van der Waals surface area contributed by atoms with Crippen LogP contribution < -0.4 is 5.46 Å². The molecule has 18 heteroatoms. The summed E-state index contributed by atoms with van der Waals surface area (Å²) < 4.78 is 65.7. The van der Waals surface area contributed by atoms with E-state index in [2.05, 4.69) is 29.9 Å². The maximum atomic E-state index is 15.1. The number of aromatic nitrogens is 6. The molecule has 0 N–H and O–H groups in total. The fourth-order valence-electron chi connectivity index (χ4n) is 8.37. The van der Waals surface area contributed by atoms with Crippen LogP contribution in [0, 0.1) is 11.6 Å². The van der Waals surface area contributed by atoms with Crippen LogP contribution in [0.5, 0.6) is 0 Å². The van der Waals surface area contributed by atoms with Crippen molar-refractivity contribution in [1.29, 1.82) is 0 Å². The van der Waals surface area contributed by atoms with E-state index in [1.807, 2.05) is 204 Å². The zero-order valence-electron chi connectivity index (χ0n) is 46.0. The first-order chi connectivity index (χ1) is 36.8. The zero-order valence-corrected chi connectivity index (χ0v) is 46.8. The second-order valence-corrected chi connectivity index (χ2v) is 22.7. The van der Waals surface area contributed by atoms with Crippen molar-refractivity contribution in [2.45, 2.75) is 117 Å². The van der Waals surface area contributed by atoms with Crippen LogP contribution in [-0.2, 0) is 27.9 Å². The highest BCUT2D eigenvalue weighted by Crippen LogP contribution is 2.43. The maximum Gasteiger partial charge on any atom is 0.494 e. The van der Waals surface area contributed by atoms with Gasteiger partial charge in [0.15, 0.2) is 34.9 Å². The quantitative estimate of drug-likeness (QED) is 0.134. The Morgan fingerprint density at radius 2 is 0.603 bits per heavy atom. The fourth-order valence-corrected chi connectivity index (χ4v) is 8.54. The smallest absolute Gasteiger partial charge is 0.405 e. The molecular formula is C60H62B3ClF2N6O6. The lowest BCUT2D eigenvalue weighted by atomic mass is 9.49. The van der Waals surface area contributed by atoms with Crippen molar-refractivity contribution in [2.75, 3.05) is 0 Å². The van der Waals surface area contributed by atoms with Crippen molar-refractivity contribution in [3.63, 3.8) is 0 Å². The molecule has 78 heavy (non-hydrogen) atoms. The van der Waals surface area contributed by atoms with Gasteiger partial charge in [-0.3, -0.25) is 0 Å². The van der Waals surface area contributed by atoms with E-state index in [1.54, 1.807) is 12.1 Å². The molecule has 0 amide bonds. The second-order valence-electron chi connectivity index (χ2n) is 22.3. The highest BCUT2D eigenvalue weighted by molar-refractivity contribution is 7.11. The molecule has 3 fully saturated rings. The van der Waals surface area contributed by atoms with Gasteiger partial charge in [-0.05, 0) is 119 Å². The number of rotatable bonds is 8. The lowest BCUT2D eigenvalue weighted by Gasteiger charge is -2.32. The van der Waals surface area contributed by atoms with Gasteiger partial charge in [0.1, 0.15) is 11.6 Å². The highest BCUT2D eigenvalue weighted by Gasteiger charge is 2.63. The van der Waals surface area contributed by atoms with Gasteiger partial charge in [0, 0.05) is 27.3 Å². The van der Waals surface area contributed by atoms with Crippen LogP contribution >= 0.6 is 11.6 Å². The normalized spacial score (nSPS) is 18.2. The molecule has 6 aromatic carbocycles. The summed E-state index contributed by atoms with van der Waals surface area (Å²) in [6.07, 6.45) is 0. The third kappa shape index (κ3) is 12.0. The molecule has 5 heterocycles. The molecule has 3 aliphatic rings. The lowest BCUT2D eigenvalue weighted by Crippen LogP contribution is -2.41. The van der Waals surface area contributed by atoms with E-state index in [-0.39, 0.29) is 45.2 Å². The predicted octanol–water partition coefficient (Wildman–Crippen LogP) is 13.2. The molecule has 0 atom stereocenters. The third-order valence-electron chi connectivity index (χ3n) is 15.1. The summed E-state index contributed by atoms with van der Waals surface area (Å²) in [6.45, 7) is 24.2. The Morgan fingerprint density at radius 1 is 0.333 bits per heavy atom. The van der Waals surface area contributed by atoms with Crippen molar-refractivity contribution in [3.05, 3.63) is 174 Å². The molecular weight excluding hydrogens is 1010 g/mol. The number of benzene rings is 6. The average molecular weight is 1070 g/mol. The number of nitrogens with zero attached hydrogens (tertiary/aromatic N) is 6. The number of hydrogen-bond acceptors (Lipinski definition) is 12. The van der Waals surface area contributed by atoms with Gasteiger partial charge in [0.25, 0.3) is 0 Å². The lowest BCUT2D eigenvalue weighted by molar-refractivity contribution is 0.00578. The van der Waals surface area contributed by atoms with Crippen LogP contribution in [0.4, 0.5) is 8.78 Å². The summed E-state index contributed by atoms with van der Waals surface area (Å²) in [7, 11) is -1.57. The summed E-state index contributed by atoms with van der Waals surface area (Å²) in [4.78, 5) is 27.5. The highest BCUT2D eigenvalue weighted by atomic mass is 35.5. The standard InChI is InChI=1S/C27H25BFN3O2.C21H13ClFN3.C12H24B2O4/c1-26(2)27(3,4)34-28(33-26)20-15-16-22(29)21(17-20)25-31-23(18-11-7-5-8-12-18)30-24(32-25)19-13-9-6-10-14-19;22-16-11-12-18(23)17(13-16)21-25-19(14-7-3-1-4-8-14)24-20(26-21)15-9-5-2-6-10-15;1-9(2)10(3,4)16-13(15-9)14-17-11(5,6)12(7,8)18-14/h5-17H,1-4H3;1-13H;1-8H3. The van der Waals surface area contributed by atoms with Crippen molar-refractivity contribution < 1.29 is 36.7 Å². The van der Waals surface area contributed by atoms with Gasteiger partial charge in [0.05, 0.1) is 44.7 Å². The van der Waals surface area contributed by atoms with Gasteiger partial charge < -0.3 is 27.9 Å². The van der Waals surface area contributed by atoms with Crippen molar-refractivity contribution in [1.82, 2.24) is 29.9 Å². The molecule has 3 aliphatic heterocycles. The van der Waals surface area contributed by atoms with Gasteiger partial charge in [0.2, 0.25) is 0 Å². The summed E-state index contributed by atoms with van der Waals surface area (Å²) in [5.41, 5.74) is 2.09. The van der Waals surface area contributed by atoms with Crippen LogP contribution in [0.25, 0.3) is 68.3 Å². The van der Waals surface area contributed by atoms with E-state index >= 15 is 4.39 Å².